The van der Waals surface area contributed by atoms with E-state index >= 15 is 0 Å². The maximum atomic E-state index is 14.0. The summed E-state index contributed by atoms with van der Waals surface area (Å²) in [6, 6.07) is 17.9. The highest BCUT2D eigenvalue weighted by Gasteiger charge is 2.41. The van der Waals surface area contributed by atoms with E-state index in [1.165, 1.54) is 6.92 Å². The summed E-state index contributed by atoms with van der Waals surface area (Å²) < 4.78 is 47.3. The van der Waals surface area contributed by atoms with Crippen LogP contribution in [0.5, 0.6) is 0 Å². The van der Waals surface area contributed by atoms with Crippen molar-refractivity contribution in [1.82, 2.24) is 14.8 Å². The van der Waals surface area contributed by atoms with Gasteiger partial charge in [0.15, 0.2) is 11.5 Å². The number of alkyl halides is 3. The Hall–Kier alpha value is -3.68. The Bertz CT molecular complexity index is 1220. The molecule has 2 aromatic heterocycles. The highest BCUT2D eigenvalue weighted by Crippen LogP contribution is 2.36. The van der Waals surface area contributed by atoms with Crippen LogP contribution in [0.25, 0.3) is 27.8 Å². The van der Waals surface area contributed by atoms with E-state index in [-0.39, 0.29) is 12.4 Å². The maximum Gasteiger partial charge on any atom is 0.434 e. The van der Waals surface area contributed by atoms with Crippen molar-refractivity contribution < 1.29 is 22.7 Å². The van der Waals surface area contributed by atoms with Crippen LogP contribution in [0.15, 0.2) is 66.9 Å². The molecule has 0 radical (unpaired) electrons. The van der Waals surface area contributed by atoms with Crippen LogP contribution in [-0.2, 0) is 10.9 Å². The molecule has 4 rings (SSSR count). The van der Waals surface area contributed by atoms with Crippen molar-refractivity contribution in [3.05, 3.63) is 78.1 Å². The molecule has 0 aliphatic rings. The molecule has 0 aliphatic carbocycles. The SMILES string of the molecule is CCOC(=O)c1cnn(-c2nc(-c3ccccc3)cc3ccccc23)c1C(F)(F)F. The van der Waals surface area contributed by atoms with Crippen molar-refractivity contribution in [2.24, 2.45) is 0 Å². The van der Waals surface area contributed by atoms with Crippen LogP contribution >= 0.6 is 0 Å². The molecular formula is C22H16F3N3O2. The zero-order valence-electron chi connectivity index (χ0n) is 15.8. The predicted octanol–water partition coefficient (Wildman–Crippen LogP) is 5.28. The van der Waals surface area contributed by atoms with E-state index < -0.39 is 23.4 Å². The van der Waals surface area contributed by atoms with Crippen LogP contribution in [0.3, 0.4) is 0 Å². The predicted molar refractivity (Wildman–Crippen MR) is 105 cm³/mol. The summed E-state index contributed by atoms with van der Waals surface area (Å²) in [5.74, 6) is -1.10. The third kappa shape index (κ3) is 3.52. The van der Waals surface area contributed by atoms with Crippen LogP contribution < -0.4 is 0 Å². The van der Waals surface area contributed by atoms with Gasteiger partial charge < -0.3 is 4.74 Å². The van der Waals surface area contributed by atoms with Gasteiger partial charge in [-0.15, -0.1) is 0 Å². The van der Waals surface area contributed by atoms with Gasteiger partial charge in [-0.2, -0.15) is 18.3 Å². The largest absolute Gasteiger partial charge is 0.462 e. The van der Waals surface area contributed by atoms with E-state index in [1.54, 1.807) is 30.3 Å². The number of benzene rings is 2. The number of halogens is 3. The summed E-state index contributed by atoms with van der Waals surface area (Å²) in [5.41, 5.74) is -0.634. The smallest absolute Gasteiger partial charge is 0.434 e. The summed E-state index contributed by atoms with van der Waals surface area (Å²) in [5, 5.41) is 5.04. The number of carbonyl (C=O) groups excluding carboxylic acids is 1. The first kappa shape index (κ1) is 19.6. The van der Waals surface area contributed by atoms with Crippen molar-refractivity contribution in [3.63, 3.8) is 0 Å². The fourth-order valence-electron chi connectivity index (χ4n) is 3.24. The highest BCUT2D eigenvalue weighted by atomic mass is 19.4. The van der Waals surface area contributed by atoms with Crippen LogP contribution in [-0.4, -0.2) is 27.3 Å². The number of aromatic nitrogens is 3. The molecule has 0 saturated carbocycles. The Morgan fingerprint density at radius 3 is 2.47 bits per heavy atom. The van der Waals surface area contributed by atoms with Gasteiger partial charge in [0.2, 0.25) is 0 Å². The summed E-state index contributed by atoms with van der Waals surface area (Å²) in [6.45, 7) is 1.47. The molecular weight excluding hydrogens is 395 g/mol. The van der Waals surface area contributed by atoms with Crippen molar-refractivity contribution in [1.29, 1.82) is 0 Å². The lowest BCUT2D eigenvalue weighted by Gasteiger charge is -2.15. The van der Waals surface area contributed by atoms with Crippen LogP contribution in [0.4, 0.5) is 13.2 Å². The number of fused-ring (bicyclic) bond motifs is 1. The van der Waals surface area contributed by atoms with Crippen molar-refractivity contribution in [3.8, 4) is 17.1 Å². The van der Waals surface area contributed by atoms with Crippen LogP contribution in [0.1, 0.15) is 23.0 Å². The maximum absolute atomic E-state index is 14.0. The third-order valence-electron chi connectivity index (χ3n) is 4.52. The lowest BCUT2D eigenvalue weighted by molar-refractivity contribution is -0.143. The number of carbonyl (C=O) groups is 1. The normalized spacial score (nSPS) is 11.6. The fourth-order valence-corrected chi connectivity index (χ4v) is 3.24. The molecule has 0 amide bonds. The standard InChI is InChI=1S/C22H16F3N3O2/c1-2-30-21(29)17-13-26-28(19(17)22(23,24)25)20-16-11-7-6-10-15(16)12-18(27-20)14-8-4-3-5-9-14/h3-13H,2H2,1H3. The molecule has 30 heavy (non-hydrogen) atoms. The van der Waals surface area contributed by atoms with E-state index in [1.807, 2.05) is 30.3 Å². The van der Waals surface area contributed by atoms with Gasteiger partial charge in [0.05, 0.1) is 18.5 Å². The van der Waals surface area contributed by atoms with Crippen LogP contribution in [0, 0.1) is 0 Å². The van der Waals surface area contributed by atoms with Gasteiger partial charge >= 0.3 is 12.1 Å². The molecule has 0 unspecified atom stereocenters. The molecule has 0 fully saturated rings. The van der Waals surface area contributed by atoms with Gasteiger partial charge in [0.25, 0.3) is 0 Å². The van der Waals surface area contributed by atoms with Crippen LogP contribution in [0.2, 0.25) is 0 Å². The number of pyridine rings is 1. The zero-order chi connectivity index (χ0) is 21.3. The molecule has 5 nitrogen and oxygen atoms in total. The number of rotatable bonds is 4. The Morgan fingerprint density at radius 1 is 1.07 bits per heavy atom. The van der Waals surface area contributed by atoms with Gasteiger partial charge in [0.1, 0.15) is 5.56 Å². The van der Waals surface area contributed by atoms with Crippen molar-refractivity contribution in [2.45, 2.75) is 13.1 Å². The number of nitrogens with zero attached hydrogens (tertiary/aromatic N) is 3. The average molecular weight is 411 g/mol. The Kier molecular flexibility index (Phi) is 4.99. The first-order valence-corrected chi connectivity index (χ1v) is 9.18. The van der Waals surface area contributed by atoms with Gasteiger partial charge in [0, 0.05) is 10.9 Å². The van der Waals surface area contributed by atoms with E-state index in [9.17, 15) is 18.0 Å². The minimum atomic E-state index is -4.84. The zero-order valence-corrected chi connectivity index (χ0v) is 15.8. The molecule has 0 aliphatic heterocycles. The fraction of sp³-hybridized carbons (Fsp3) is 0.136. The van der Waals surface area contributed by atoms with E-state index in [0.29, 0.717) is 21.1 Å². The molecule has 2 aromatic carbocycles. The van der Waals surface area contributed by atoms with E-state index in [2.05, 4.69) is 10.1 Å². The summed E-state index contributed by atoms with van der Waals surface area (Å²) in [7, 11) is 0. The van der Waals surface area contributed by atoms with Crippen molar-refractivity contribution >= 4 is 16.7 Å². The Morgan fingerprint density at radius 2 is 1.77 bits per heavy atom. The number of hydrogen-bond donors (Lipinski definition) is 0. The topological polar surface area (TPSA) is 57.0 Å². The minimum Gasteiger partial charge on any atom is -0.462 e. The average Bonchev–Trinajstić information content (AvgIpc) is 3.19. The molecule has 0 bridgehead atoms. The lowest BCUT2D eigenvalue weighted by Crippen LogP contribution is -2.19. The summed E-state index contributed by atoms with van der Waals surface area (Å²) in [6.07, 6.45) is -3.98. The third-order valence-corrected chi connectivity index (χ3v) is 4.52. The second-order valence-electron chi connectivity index (χ2n) is 6.46. The van der Waals surface area contributed by atoms with Gasteiger partial charge in [-0.25, -0.2) is 14.5 Å². The lowest BCUT2D eigenvalue weighted by atomic mass is 10.1. The van der Waals surface area contributed by atoms with Crippen molar-refractivity contribution in [2.75, 3.05) is 6.61 Å². The van der Waals surface area contributed by atoms with Gasteiger partial charge in [-0.1, -0.05) is 54.6 Å². The quantitative estimate of drug-likeness (QED) is 0.429. The molecule has 0 N–H and O–H groups in total. The number of ether oxygens (including phenoxy) is 1. The Balaban J connectivity index is 2.01. The summed E-state index contributed by atoms with van der Waals surface area (Å²) >= 11 is 0. The molecule has 0 spiro atoms. The van der Waals surface area contributed by atoms with Gasteiger partial charge in [-0.05, 0) is 18.4 Å². The Labute approximate surface area is 169 Å². The first-order valence-electron chi connectivity index (χ1n) is 9.18. The monoisotopic (exact) mass is 411 g/mol. The number of hydrogen-bond acceptors (Lipinski definition) is 4. The minimum absolute atomic E-state index is 0.0187. The molecule has 152 valence electrons. The molecule has 2 heterocycles. The highest BCUT2D eigenvalue weighted by molar-refractivity contribution is 5.93. The summed E-state index contributed by atoms with van der Waals surface area (Å²) in [4.78, 5) is 16.6. The molecule has 0 saturated heterocycles. The van der Waals surface area contributed by atoms with E-state index in [0.717, 1.165) is 11.8 Å². The van der Waals surface area contributed by atoms with E-state index in [4.69, 9.17) is 4.74 Å². The van der Waals surface area contributed by atoms with Gasteiger partial charge in [-0.3, -0.25) is 0 Å². The first-order chi connectivity index (χ1) is 14.4. The number of esters is 1. The molecule has 8 heteroatoms. The molecule has 0 atom stereocenters. The molecule has 4 aromatic rings. The second-order valence-corrected chi connectivity index (χ2v) is 6.46. The second kappa shape index (κ2) is 7.62.